The Balaban J connectivity index is 1.70. The zero-order chi connectivity index (χ0) is 15.5. The van der Waals surface area contributed by atoms with Crippen LogP contribution in [-0.4, -0.2) is 33.2 Å². The van der Waals surface area contributed by atoms with Gasteiger partial charge in [0.15, 0.2) is 0 Å². The van der Waals surface area contributed by atoms with E-state index >= 15 is 0 Å². The number of carbonyl (C=O) groups excluding carboxylic acids is 1. The van der Waals surface area contributed by atoms with Crippen molar-refractivity contribution in [2.75, 3.05) is 6.54 Å². The topological polar surface area (TPSA) is 55.2 Å². The number of aromatic nitrogens is 2. The Morgan fingerprint density at radius 1 is 1.18 bits per heavy atom. The third-order valence-corrected chi connectivity index (χ3v) is 5.15. The second-order valence-corrected chi connectivity index (χ2v) is 6.71. The second-order valence-electron chi connectivity index (χ2n) is 6.71. The summed E-state index contributed by atoms with van der Waals surface area (Å²) in [6.07, 6.45) is 10.0. The fraction of sp³-hybridized carbons (Fsp3) is 0.706. The molecule has 1 aromatic rings. The molecule has 3 rings (SSSR count). The molecule has 1 unspecified atom stereocenters. The normalized spacial score (nSPS) is 23.0. The van der Waals surface area contributed by atoms with Crippen molar-refractivity contribution in [3.05, 3.63) is 28.2 Å². The van der Waals surface area contributed by atoms with Gasteiger partial charge in [-0.1, -0.05) is 32.1 Å². The van der Waals surface area contributed by atoms with Crippen molar-refractivity contribution in [2.24, 2.45) is 13.0 Å². The average molecular weight is 303 g/mol. The number of aryl methyl sites for hydroxylation is 1. The van der Waals surface area contributed by atoms with Gasteiger partial charge in [0.1, 0.15) is 5.69 Å². The zero-order valence-corrected chi connectivity index (χ0v) is 13.3. The first-order chi connectivity index (χ1) is 10.6. The van der Waals surface area contributed by atoms with Gasteiger partial charge in [-0.25, -0.2) is 4.68 Å². The lowest BCUT2D eigenvalue weighted by Crippen LogP contribution is -2.38. The van der Waals surface area contributed by atoms with E-state index in [0.717, 1.165) is 31.7 Å². The monoisotopic (exact) mass is 303 g/mol. The number of carbonyl (C=O) groups is 1. The maximum atomic E-state index is 12.7. The lowest BCUT2D eigenvalue weighted by molar-refractivity contribution is 0.0703. The number of hydrogen-bond acceptors (Lipinski definition) is 3. The molecule has 0 bridgehead atoms. The minimum atomic E-state index is -0.184. The summed E-state index contributed by atoms with van der Waals surface area (Å²) in [4.78, 5) is 26.1. The van der Waals surface area contributed by atoms with Gasteiger partial charge < -0.3 is 4.90 Å². The van der Waals surface area contributed by atoms with Crippen molar-refractivity contribution in [3.63, 3.8) is 0 Å². The molecular formula is C17H25N3O2. The van der Waals surface area contributed by atoms with E-state index in [2.05, 4.69) is 5.10 Å². The summed E-state index contributed by atoms with van der Waals surface area (Å²) in [5.74, 6) is 0.758. The molecule has 1 aromatic heterocycles. The largest absolute Gasteiger partial charge is 0.334 e. The highest BCUT2D eigenvalue weighted by Crippen LogP contribution is 2.32. The highest BCUT2D eigenvalue weighted by atomic mass is 16.2. The lowest BCUT2D eigenvalue weighted by Gasteiger charge is -2.30. The Kier molecular flexibility index (Phi) is 4.60. The molecule has 2 heterocycles. The molecule has 0 spiro atoms. The van der Waals surface area contributed by atoms with Crippen LogP contribution in [0, 0.1) is 5.92 Å². The molecule has 2 aliphatic rings. The highest BCUT2D eigenvalue weighted by Gasteiger charge is 2.32. The van der Waals surface area contributed by atoms with E-state index in [4.69, 9.17) is 0 Å². The molecule has 1 aliphatic heterocycles. The van der Waals surface area contributed by atoms with Crippen LogP contribution in [0.3, 0.4) is 0 Å². The van der Waals surface area contributed by atoms with Crippen LogP contribution in [0.1, 0.15) is 61.9 Å². The Morgan fingerprint density at radius 2 is 1.95 bits per heavy atom. The number of rotatable bonds is 3. The van der Waals surface area contributed by atoms with E-state index in [1.165, 1.54) is 42.9 Å². The van der Waals surface area contributed by atoms with Crippen molar-refractivity contribution >= 4 is 5.91 Å². The van der Waals surface area contributed by atoms with Gasteiger partial charge in [0.2, 0.25) is 0 Å². The second kappa shape index (κ2) is 6.63. The Bertz CT molecular complexity index is 590. The van der Waals surface area contributed by atoms with Crippen molar-refractivity contribution < 1.29 is 4.79 Å². The molecule has 1 saturated heterocycles. The van der Waals surface area contributed by atoms with E-state index in [-0.39, 0.29) is 11.5 Å². The molecule has 1 saturated carbocycles. The first kappa shape index (κ1) is 15.3. The Hall–Kier alpha value is -1.65. The molecule has 5 nitrogen and oxygen atoms in total. The first-order valence-electron chi connectivity index (χ1n) is 8.50. The van der Waals surface area contributed by atoms with E-state index in [1.54, 1.807) is 13.1 Å². The van der Waals surface area contributed by atoms with Crippen molar-refractivity contribution in [3.8, 4) is 0 Å². The van der Waals surface area contributed by atoms with E-state index in [1.807, 2.05) is 4.90 Å². The van der Waals surface area contributed by atoms with Crippen LogP contribution in [0.25, 0.3) is 0 Å². The summed E-state index contributed by atoms with van der Waals surface area (Å²) in [5, 5.41) is 4.11. The van der Waals surface area contributed by atoms with Gasteiger partial charge in [0.25, 0.3) is 11.5 Å². The third-order valence-electron chi connectivity index (χ3n) is 5.15. The molecule has 1 atom stereocenters. The molecule has 0 aromatic carbocycles. The van der Waals surface area contributed by atoms with Crippen molar-refractivity contribution in [1.82, 2.24) is 14.7 Å². The molecule has 0 radical (unpaired) electrons. The average Bonchev–Trinajstić information content (AvgIpc) is 2.98. The minimum Gasteiger partial charge on any atom is -0.334 e. The molecule has 0 N–H and O–H groups in total. The van der Waals surface area contributed by atoms with Crippen LogP contribution in [0.5, 0.6) is 0 Å². The molecular weight excluding hydrogens is 278 g/mol. The predicted octanol–water partition coefficient (Wildman–Crippen LogP) is 2.36. The van der Waals surface area contributed by atoms with Gasteiger partial charge >= 0.3 is 0 Å². The molecule has 1 aliphatic carbocycles. The number of hydrogen-bond donors (Lipinski definition) is 0. The smallest absolute Gasteiger partial charge is 0.274 e. The number of nitrogens with zero attached hydrogens (tertiary/aromatic N) is 3. The molecule has 1 amide bonds. The Morgan fingerprint density at radius 3 is 2.68 bits per heavy atom. The van der Waals surface area contributed by atoms with Gasteiger partial charge in [-0.15, -0.1) is 0 Å². The first-order valence-corrected chi connectivity index (χ1v) is 8.50. The predicted molar refractivity (Wildman–Crippen MR) is 84.7 cm³/mol. The van der Waals surface area contributed by atoms with E-state index < -0.39 is 0 Å². The fourth-order valence-electron chi connectivity index (χ4n) is 3.92. The van der Waals surface area contributed by atoms with Gasteiger partial charge in [0, 0.05) is 25.7 Å². The van der Waals surface area contributed by atoms with Crippen LogP contribution in [-0.2, 0) is 7.05 Å². The van der Waals surface area contributed by atoms with Crippen LogP contribution in [0.4, 0.5) is 0 Å². The van der Waals surface area contributed by atoms with E-state index in [9.17, 15) is 9.59 Å². The maximum Gasteiger partial charge on any atom is 0.274 e. The van der Waals surface area contributed by atoms with Gasteiger partial charge in [-0.05, 0) is 31.2 Å². The van der Waals surface area contributed by atoms with Crippen molar-refractivity contribution in [1.29, 1.82) is 0 Å². The molecule has 120 valence electrons. The molecule has 5 heteroatoms. The van der Waals surface area contributed by atoms with Crippen molar-refractivity contribution in [2.45, 2.75) is 57.4 Å². The summed E-state index contributed by atoms with van der Waals surface area (Å²) in [6, 6.07) is 3.34. The van der Waals surface area contributed by atoms with Gasteiger partial charge in [-0.3, -0.25) is 9.59 Å². The van der Waals surface area contributed by atoms with E-state index in [0.29, 0.717) is 11.7 Å². The van der Waals surface area contributed by atoms with Crippen LogP contribution in [0.15, 0.2) is 16.9 Å². The molecule has 22 heavy (non-hydrogen) atoms. The molecule has 2 fully saturated rings. The number of amides is 1. The summed E-state index contributed by atoms with van der Waals surface area (Å²) in [6.45, 7) is 0.820. The Labute approximate surface area is 131 Å². The van der Waals surface area contributed by atoms with Gasteiger partial charge in [-0.2, -0.15) is 5.10 Å². The van der Waals surface area contributed by atoms with Crippen LogP contribution < -0.4 is 5.56 Å². The van der Waals surface area contributed by atoms with Crippen LogP contribution in [0.2, 0.25) is 0 Å². The fourth-order valence-corrected chi connectivity index (χ4v) is 3.92. The standard InChI is InChI=1S/C17H25N3O2/c1-19-16(21)10-9-15(18-19)17(22)20-11-5-8-14(20)12-13-6-3-2-4-7-13/h9-10,13-14H,2-8,11-12H2,1H3. The summed E-state index contributed by atoms with van der Waals surface area (Å²) in [5.41, 5.74) is 0.203. The highest BCUT2D eigenvalue weighted by molar-refractivity contribution is 5.92. The maximum absolute atomic E-state index is 12.7. The number of likely N-dealkylation sites (tertiary alicyclic amines) is 1. The summed E-state index contributed by atoms with van der Waals surface area (Å²) in [7, 11) is 1.59. The summed E-state index contributed by atoms with van der Waals surface area (Å²) >= 11 is 0. The van der Waals surface area contributed by atoms with Gasteiger partial charge in [0.05, 0.1) is 0 Å². The quantitative estimate of drug-likeness (QED) is 0.861. The lowest BCUT2D eigenvalue weighted by atomic mass is 9.84. The van der Waals surface area contributed by atoms with Crippen LogP contribution >= 0.6 is 0 Å². The zero-order valence-electron chi connectivity index (χ0n) is 13.3. The minimum absolute atomic E-state index is 0.0195. The summed E-state index contributed by atoms with van der Waals surface area (Å²) < 4.78 is 1.24. The third kappa shape index (κ3) is 3.23. The SMILES string of the molecule is Cn1nc(C(=O)N2CCCC2CC2CCCCC2)ccc1=O.